The second-order valence-electron chi connectivity index (χ2n) is 8.07. The predicted molar refractivity (Wildman–Crippen MR) is 136 cm³/mol. The van der Waals surface area contributed by atoms with E-state index in [-0.39, 0.29) is 30.0 Å². The zero-order chi connectivity index (χ0) is 21.2. The lowest BCUT2D eigenvalue weighted by Crippen LogP contribution is -2.43. The van der Waals surface area contributed by atoms with Gasteiger partial charge in [-0.25, -0.2) is 0 Å². The van der Waals surface area contributed by atoms with Crippen molar-refractivity contribution in [1.29, 1.82) is 0 Å². The Labute approximate surface area is 204 Å². The smallest absolute Gasteiger partial charge is 0.193 e. The van der Waals surface area contributed by atoms with E-state index in [0.717, 1.165) is 70.2 Å². The van der Waals surface area contributed by atoms with E-state index in [2.05, 4.69) is 41.2 Å². The number of hydrogen-bond acceptors (Lipinski definition) is 5. The van der Waals surface area contributed by atoms with Crippen LogP contribution < -0.4 is 10.1 Å². The molecule has 7 nitrogen and oxygen atoms in total. The molecule has 0 aromatic heterocycles. The minimum Gasteiger partial charge on any atom is -0.497 e. The topological polar surface area (TPSA) is 58.6 Å². The van der Waals surface area contributed by atoms with Crippen LogP contribution in [0.25, 0.3) is 0 Å². The van der Waals surface area contributed by atoms with Gasteiger partial charge in [-0.15, -0.1) is 24.0 Å². The first-order valence-electron chi connectivity index (χ1n) is 11.2. The fourth-order valence-corrected chi connectivity index (χ4v) is 3.63. The zero-order valence-electron chi connectivity index (χ0n) is 19.2. The highest BCUT2D eigenvalue weighted by Crippen LogP contribution is 2.28. The maximum absolute atomic E-state index is 5.81. The highest BCUT2D eigenvalue weighted by molar-refractivity contribution is 14.0. The second-order valence-corrected chi connectivity index (χ2v) is 8.07. The molecule has 0 radical (unpaired) electrons. The molecular formula is C23H39IN4O3. The van der Waals surface area contributed by atoms with Crippen LogP contribution in [0.1, 0.15) is 31.4 Å². The van der Waals surface area contributed by atoms with Crippen molar-refractivity contribution in [1.82, 2.24) is 15.1 Å². The van der Waals surface area contributed by atoms with Gasteiger partial charge in [0.15, 0.2) is 5.96 Å². The Morgan fingerprint density at radius 1 is 1.26 bits per heavy atom. The van der Waals surface area contributed by atoms with Crippen LogP contribution in [-0.2, 0) is 9.47 Å². The van der Waals surface area contributed by atoms with Crippen LogP contribution in [0, 0.1) is 5.92 Å². The number of likely N-dealkylation sites (N-methyl/N-ethyl adjacent to an activating group) is 1. The van der Waals surface area contributed by atoms with E-state index in [0.29, 0.717) is 6.54 Å². The van der Waals surface area contributed by atoms with E-state index in [1.54, 1.807) is 7.11 Å². The lowest BCUT2D eigenvalue weighted by molar-refractivity contribution is 0.0179. The molecule has 0 bridgehead atoms. The Bertz CT molecular complexity index is 649. The summed E-state index contributed by atoms with van der Waals surface area (Å²) in [6.07, 6.45) is 2.66. The Balaban J connectivity index is 0.00000341. The first-order chi connectivity index (χ1) is 14.7. The van der Waals surface area contributed by atoms with Crippen molar-refractivity contribution in [2.45, 2.75) is 25.8 Å². The SMILES string of the molecule is CCNC(=NCC(c1ccc(OC)cc1)N1CCOCC1)N(C)CCOCC1CC1.I. The van der Waals surface area contributed by atoms with Crippen molar-refractivity contribution in [3.05, 3.63) is 29.8 Å². The summed E-state index contributed by atoms with van der Waals surface area (Å²) < 4.78 is 16.7. The number of halogens is 1. The van der Waals surface area contributed by atoms with Gasteiger partial charge in [0.1, 0.15) is 5.75 Å². The molecule has 2 fully saturated rings. The number of nitrogens with one attached hydrogen (secondary N) is 1. The Hall–Kier alpha value is -1.10. The third-order valence-electron chi connectivity index (χ3n) is 5.72. The fourth-order valence-electron chi connectivity index (χ4n) is 3.63. The number of methoxy groups -OCH3 is 1. The molecular weight excluding hydrogens is 507 g/mol. The molecule has 1 atom stereocenters. The monoisotopic (exact) mass is 546 g/mol. The molecule has 1 aromatic carbocycles. The molecule has 1 aliphatic carbocycles. The van der Waals surface area contributed by atoms with Gasteiger partial charge in [0, 0.05) is 39.8 Å². The van der Waals surface area contributed by atoms with Crippen LogP contribution in [-0.4, -0.2) is 89.1 Å². The molecule has 1 saturated carbocycles. The minimum atomic E-state index is 0. The molecule has 1 aromatic rings. The highest BCUT2D eigenvalue weighted by atomic mass is 127. The molecule has 0 spiro atoms. The van der Waals surface area contributed by atoms with E-state index >= 15 is 0 Å². The second kappa shape index (κ2) is 14.1. The summed E-state index contributed by atoms with van der Waals surface area (Å²) in [6, 6.07) is 8.57. The molecule has 2 aliphatic rings. The minimum absolute atomic E-state index is 0. The van der Waals surface area contributed by atoms with E-state index < -0.39 is 0 Å². The molecule has 1 aliphatic heterocycles. The molecule has 0 amide bonds. The molecule has 1 unspecified atom stereocenters. The van der Waals surface area contributed by atoms with Gasteiger partial charge in [0.2, 0.25) is 0 Å². The van der Waals surface area contributed by atoms with Gasteiger partial charge in [-0.3, -0.25) is 9.89 Å². The molecule has 176 valence electrons. The normalized spacial score (nSPS) is 18.2. The van der Waals surface area contributed by atoms with Crippen LogP contribution in [0.4, 0.5) is 0 Å². The van der Waals surface area contributed by atoms with Gasteiger partial charge in [-0.2, -0.15) is 0 Å². The maximum atomic E-state index is 5.81. The average Bonchev–Trinajstić information content (AvgIpc) is 3.61. The molecule has 3 rings (SSSR count). The quantitative estimate of drug-likeness (QED) is 0.199. The summed E-state index contributed by atoms with van der Waals surface area (Å²) in [5.74, 6) is 2.61. The standard InChI is InChI=1S/C23H38N4O3.HI/c1-4-24-23(26(2)11-14-30-18-19-5-6-19)25-17-22(27-12-15-29-16-13-27)20-7-9-21(28-3)10-8-20;/h7-10,19,22H,4-6,11-18H2,1-3H3,(H,24,25);1H. The Kier molecular flexibility index (Phi) is 11.9. The van der Waals surface area contributed by atoms with Crippen molar-refractivity contribution in [3.63, 3.8) is 0 Å². The third kappa shape index (κ3) is 8.75. The predicted octanol–water partition coefficient (Wildman–Crippen LogP) is 3.01. The molecule has 1 N–H and O–H groups in total. The summed E-state index contributed by atoms with van der Waals surface area (Å²) in [7, 11) is 3.78. The van der Waals surface area contributed by atoms with Crippen LogP contribution in [0.3, 0.4) is 0 Å². The summed E-state index contributed by atoms with van der Waals surface area (Å²) in [6.45, 7) is 9.52. The molecule has 8 heteroatoms. The van der Waals surface area contributed by atoms with E-state index in [4.69, 9.17) is 19.2 Å². The van der Waals surface area contributed by atoms with Gasteiger partial charge in [0.25, 0.3) is 0 Å². The number of nitrogens with zero attached hydrogens (tertiary/aromatic N) is 3. The van der Waals surface area contributed by atoms with Gasteiger partial charge in [-0.05, 0) is 43.4 Å². The summed E-state index contributed by atoms with van der Waals surface area (Å²) in [5.41, 5.74) is 1.26. The van der Waals surface area contributed by atoms with Gasteiger partial charge in [-0.1, -0.05) is 12.1 Å². The van der Waals surface area contributed by atoms with Gasteiger partial charge in [0.05, 0.1) is 39.5 Å². The summed E-state index contributed by atoms with van der Waals surface area (Å²) >= 11 is 0. The maximum Gasteiger partial charge on any atom is 0.193 e. The van der Waals surface area contributed by atoms with Crippen molar-refractivity contribution in [2.75, 3.05) is 73.3 Å². The van der Waals surface area contributed by atoms with Crippen LogP contribution in [0.2, 0.25) is 0 Å². The van der Waals surface area contributed by atoms with Crippen molar-refractivity contribution in [2.24, 2.45) is 10.9 Å². The molecule has 31 heavy (non-hydrogen) atoms. The first-order valence-corrected chi connectivity index (χ1v) is 11.2. The summed E-state index contributed by atoms with van der Waals surface area (Å²) in [4.78, 5) is 9.63. The third-order valence-corrected chi connectivity index (χ3v) is 5.72. The number of guanidine groups is 1. The Morgan fingerprint density at radius 3 is 2.58 bits per heavy atom. The van der Waals surface area contributed by atoms with E-state index in [1.165, 1.54) is 18.4 Å². The molecule has 1 heterocycles. The lowest BCUT2D eigenvalue weighted by atomic mass is 10.0. The number of benzene rings is 1. The average molecular weight is 546 g/mol. The van der Waals surface area contributed by atoms with Gasteiger partial charge >= 0.3 is 0 Å². The zero-order valence-corrected chi connectivity index (χ0v) is 21.5. The van der Waals surface area contributed by atoms with E-state index in [1.807, 2.05) is 12.1 Å². The van der Waals surface area contributed by atoms with Crippen LogP contribution in [0.5, 0.6) is 5.75 Å². The van der Waals surface area contributed by atoms with Crippen molar-refractivity contribution in [3.8, 4) is 5.75 Å². The summed E-state index contributed by atoms with van der Waals surface area (Å²) in [5, 5.41) is 3.43. The Morgan fingerprint density at radius 2 is 1.97 bits per heavy atom. The number of ether oxygens (including phenoxy) is 3. The van der Waals surface area contributed by atoms with Crippen LogP contribution >= 0.6 is 24.0 Å². The highest BCUT2D eigenvalue weighted by Gasteiger charge is 2.23. The van der Waals surface area contributed by atoms with Crippen molar-refractivity contribution >= 4 is 29.9 Å². The fraction of sp³-hybridized carbons (Fsp3) is 0.696. The molecule has 1 saturated heterocycles. The number of aliphatic imine (C=N–C) groups is 1. The number of rotatable bonds is 11. The number of morpholine rings is 1. The van der Waals surface area contributed by atoms with Gasteiger partial charge < -0.3 is 24.4 Å². The van der Waals surface area contributed by atoms with Crippen LogP contribution in [0.15, 0.2) is 29.3 Å². The first kappa shape index (κ1) is 26.2. The number of hydrogen-bond donors (Lipinski definition) is 1. The largest absolute Gasteiger partial charge is 0.497 e. The van der Waals surface area contributed by atoms with E-state index in [9.17, 15) is 0 Å². The lowest BCUT2D eigenvalue weighted by Gasteiger charge is -2.34. The van der Waals surface area contributed by atoms with Crippen molar-refractivity contribution < 1.29 is 14.2 Å².